The lowest BCUT2D eigenvalue weighted by Gasteiger charge is -2.20. The number of nitrogens with zero attached hydrogens (tertiary/aromatic N) is 5. The van der Waals surface area contributed by atoms with Gasteiger partial charge < -0.3 is 9.80 Å². The molecule has 8 nitrogen and oxygen atoms in total. The second-order valence-electron chi connectivity index (χ2n) is 6.13. The quantitative estimate of drug-likeness (QED) is 0.732. The van der Waals surface area contributed by atoms with Crippen molar-refractivity contribution >= 4 is 38.4 Å². The summed E-state index contributed by atoms with van der Waals surface area (Å²) in [7, 11) is 3.36. The molecule has 0 aliphatic rings. The summed E-state index contributed by atoms with van der Waals surface area (Å²) in [5.74, 6) is 0.962. The van der Waals surface area contributed by atoms with E-state index in [-0.39, 0.29) is 4.90 Å². The molecule has 3 rings (SSSR count). The van der Waals surface area contributed by atoms with Crippen LogP contribution < -0.4 is 14.5 Å². The average molecular weight is 372 g/mol. The molecule has 0 atom stereocenters. The number of nitrogens with one attached hydrogen (secondary N) is 1. The van der Waals surface area contributed by atoms with Crippen molar-refractivity contribution in [1.29, 1.82) is 0 Å². The van der Waals surface area contributed by atoms with Crippen LogP contribution in [0.4, 0.5) is 17.5 Å². The van der Waals surface area contributed by atoms with Crippen LogP contribution >= 0.6 is 0 Å². The molecule has 0 saturated carbocycles. The first-order valence-corrected chi connectivity index (χ1v) is 9.36. The van der Waals surface area contributed by atoms with Crippen molar-refractivity contribution in [1.82, 2.24) is 15.0 Å². The van der Waals surface area contributed by atoms with Crippen molar-refractivity contribution in [2.75, 3.05) is 42.7 Å². The predicted molar refractivity (Wildman–Crippen MR) is 103 cm³/mol. The molecule has 2 heterocycles. The Balaban J connectivity index is 2.07. The molecule has 0 unspecified atom stereocenters. The molecule has 1 aromatic carbocycles. The van der Waals surface area contributed by atoms with Crippen molar-refractivity contribution in [2.24, 2.45) is 0 Å². The minimum absolute atomic E-state index is 0.108. The second kappa shape index (κ2) is 6.75. The molecule has 1 N–H and O–H groups in total. The lowest BCUT2D eigenvalue weighted by atomic mass is 10.2. The molecule has 0 fully saturated rings. The topological polar surface area (TPSA) is 91.3 Å². The number of hydrogen-bond donors (Lipinski definition) is 1. The van der Waals surface area contributed by atoms with Crippen LogP contribution in [0.25, 0.3) is 10.9 Å². The summed E-state index contributed by atoms with van der Waals surface area (Å²) in [4.78, 5) is 16.4. The molecule has 0 bridgehead atoms. The Labute approximate surface area is 152 Å². The second-order valence-corrected chi connectivity index (χ2v) is 7.78. The number of sulfonamides is 1. The zero-order valence-electron chi connectivity index (χ0n) is 15.0. The van der Waals surface area contributed by atoms with Crippen molar-refractivity contribution in [3.63, 3.8) is 0 Å². The van der Waals surface area contributed by atoms with Gasteiger partial charge in [-0.25, -0.2) is 13.4 Å². The van der Waals surface area contributed by atoms with Crippen LogP contribution in [0.1, 0.15) is 0 Å². The Morgan fingerprint density at radius 2 is 1.69 bits per heavy atom. The zero-order chi connectivity index (χ0) is 18.9. The van der Waals surface area contributed by atoms with E-state index >= 15 is 0 Å². The van der Waals surface area contributed by atoms with E-state index in [1.807, 2.05) is 26.2 Å². The SMILES string of the molecule is CN(C)c1ncc(NS(=O)(=O)c2cccc3cccnc23)c(N(C)C)n1. The number of hydrogen-bond acceptors (Lipinski definition) is 7. The maximum absolute atomic E-state index is 13.0. The van der Waals surface area contributed by atoms with Crippen LogP contribution in [0.5, 0.6) is 0 Å². The van der Waals surface area contributed by atoms with Gasteiger partial charge in [0.1, 0.15) is 10.6 Å². The van der Waals surface area contributed by atoms with Crippen LogP contribution in [0.3, 0.4) is 0 Å². The van der Waals surface area contributed by atoms with Gasteiger partial charge in [0.2, 0.25) is 5.95 Å². The number of rotatable bonds is 5. The largest absolute Gasteiger partial charge is 0.361 e. The van der Waals surface area contributed by atoms with Gasteiger partial charge in [0.05, 0.1) is 11.7 Å². The normalized spacial score (nSPS) is 11.4. The van der Waals surface area contributed by atoms with Crippen LogP contribution in [0, 0.1) is 0 Å². The summed E-state index contributed by atoms with van der Waals surface area (Å²) in [5.41, 5.74) is 0.716. The summed E-state index contributed by atoms with van der Waals surface area (Å²) >= 11 is 0. The van der Waals surface area contributed by atoms with Crippen molar-refractivity contribution in [2.45, 2.75) is 4.90 Å². The van der Waals surface area contributed by atoms with Crippen molar-refractivity contribution < 1.29 is 8.42 Å². The number of fused-ring (bicyclic) bond motifs is 1. The highest BCUT2D eigenvalue weighted by molar-refractivity contribution is 7.93. The lowest BCUT2D eigenvalue weighted by molar-refractivity contribution is 0.602. The number of pyridine rings is 1. The first kappa shape index (κ1) is 17.9. The van der Waals surface area contributed by atoms with E-state index < -0.39 is 10.0 Å². The third-order valence-corrected chi connectivity index (χ3v) is 5.11. The molecule has 0 radical (unpaired) electrons. The van der Waals surface area contributed by atoms with E-state index in [1.54, 1.807) is 42.2 Å². The van der Waals surface area contributed by atoms with Gasteiger partial charge in [-0.2, -0.15) is 4.98 Å². The minimum atomic E-state index is -3.86. The van der Waals surface area contributed by atoms with Gasteiger partial charge in [-0.05, 0) is 12.1 Å². The standard InChI is InChI=1S/C17H20N6O2S/c1-22(2)16-13(11-19-17(20-16)23(3)4)21-26(24,25)14-9-5-7-12-8-6-10-18-15(12)14/h5-11,21H,1-4H3. The number of anilines is 3. The molecule has 9 heteroatoms. The maximum Gasteiger partial charge on any atom is 0.264 e. The summed E-state index contributed by atoms with van der Waals surface area (Å²) in [6.07, 6.45) is 3.04. The monoisotopic (exact) mass is 372 g/mol. The molecule has 0 amide bonds. The first-order valence-electron chi connectivity index (χ1n) is 7.88. The van der Waals surface area contributed by atoms with Gasteiger partial charge in [0.15, 0.2) is 5.82 Å². The zero-order valence-corrected chi connectivity index (χ0v) is 15.8. The van der Waals surface area contributed by atoms with Gasteiger partial charge in [0.25, 0.3) is 10.0 Å². The molecule has 2 aromatic heterocycles. The number of benzene rings is 1. The highest BCUT2D eigenvalue weighted by Gasteiger charge is 2.21. The Morgan fingerprint density at radius 3 is 2.38 bits per heavy atom. The number of aromatic nitrogens is 3. The minimum Gasteiger partial charge on any atom is -0.361 e. The molecule has 26 heavy (non-hydrogen) atoms. The third-order valence-electron chi connectivity index (χ3n) is 3.71. The average Bonchev–Trinajstić information content (AvgIpc) is 2.60. The first-order chi connectivity index (χ1) is 12.3. The van der Waals surface area contributed by atoms with Crippen LogP contribution in [-0.4, -0.2) is 51.6 Å². The molecular weight excluding hydrogens is 352 g/mol. The smallest absolute Gasteiger partial charge is 0.264 e. The fraction of sp³-hybridized carbons (Fsp3) is 0.235. The molecule has 136 valence electrons. The Hall–Kier alpha value is -2.94. The molecule has 0 saturated heterocycles. The van der Waals surface area contributed by atoms with E-state index in [4.69, 9.17) is 0 Å². The van der Waals surface area contributed by atoms with Gasteiger partial charge >= 0.3 is 0 Å². The van der Waals surface area contributed by atoms with E-state index in [2.05, 4.69) is 19.7 Å². The van der Waals surface area contributed by atoms with E-state index in [9.17, 15) is 8.42 Å². The Kier molecular flexibility index (Phi) is 4.64. The van der Waals surface area contributed by atoms with Gasteiger partial charge in [-0.1, -0.05) is 18.2 Å². The van der Waals surface area contributed by atoms with Gasteiger partial charge in [-0.3, -0.25) is 9.71 Å². The summed E-state index contributed by atoms with van der Waals surface area (Å²) in [5, 5.41) is 0.752. The predicted octanol–water partition coefficient (Wildman–Crippen LogP) is 1.96. The fourth-order valence-corrected chi connectivity index (χ4v) is 3.71. The van der Waals surface area contributed by atoms with Gasteiger partial charge in [0, 0.05) is 39.8 Å². The highest BCUT2D eigenvalue weighted by Crippen LogP contribution is 2.28. The summed E-state index contributed by atoms with van der Waals surface area (Å²) in [6.45, 7) is 0. The molecule has 3 aromatic rings. The summed E-state index contributed by atoms with van der Waals surface area (Å²) in [6, 6.07) is 8.63. The molecule has 0 aliphatic heterocycles. The van der Waals surface area contributed by atoms with Gasteiger partial charge in [-0.15, -0.1) is 0 Å². The molecule has 0 spiro atoms. The maximum atomic E-state index is 13.0. The summed E-state index contributed by atoms with van der Waals surface area (Å²) < 4.78 is 28.5. The number of para-hydroxylation sites is 1. The van der Waals surface area contributed by atoms with Crippen LogP contribution in [0.2, 0.25) is 0 Å². The van der Waals surface area contributed by atoms with Crippen molar-refractivity contribution in [3.05, 3.63) is 42.7 Å². The fourth-order valence-electron chi connectivity index (χ4n) is 2.49. The lowest BCUT2D eigenvalue weighted by Crippen LogP contribution is -2.21. The van der Waals surface area contributed by atoms with Crippen LogP contribution in [-0.2, 0) is 10.0 Å². The van der Waals surface area contributed by atoms with E-state index in [0.29, 0.717) is 23.0 Å². The van der Waals surface area contributed by atoms with E-state index in [1.165, 1.54) is 12.3 Å². The Bertz CT molecular complexity index is 1040. The van der Waals surface area contributed by atoms with Crippen LogP contribution in [0.15, 0.2) is 47.6 Å². The van der Waals surface area contributed by atoms with Crippen molar-refractivity contribution in [3.8, 4) is 0 Å². The third kappa shape index (κ3) is 3.38. The molecular formula is C17H20N6O2S. The molecule has 0 aliphatic carbocycles. The Morgan fingerprint density at radius 1 is 0.962 bits per heavy atom. The van der Waals surface area contributed by atoms with E-state index in [0.717, 1.165) is 5.39 Å². The highest BCUT2D eigenvalue weighted by atomic mass is 32.2.